The fourth-order valence-corrected chi connectivity index (χ4v) is 2.20. The third-order valence-electron chi connectivity index (χ3n) is 2.29. The zero-order valence-corrected chi connectivity index (χ0v) is 9.55. The van der Waals surface area contributed by atoms with E-state index in [1.807, 2.05) is 0 Å². The van der Waals surface area contributed by atoms with Gasteiger partial charge in [0.2, 0.25) is 0 Å². The molecule has 0 aliphatic rings. The van der Waals surface area contributed by atoms with Crippen LogP contribution in [0.15, 0.2) is 29.2 Å². The fraction of sp³-hybridized carbons (Fsp3) is 0. The van der Waals surface area contributed by atoms with Crippen molar-refractivity contribution < 1.29 is 28.0 Å². The maximum Gasteiger partial charge on any atom is 0.354 e. The number of phenols is 1. The van der Waals surface area contributed by atoms with E-state index in [1.54, 1.807) is 0 Å². The van der Waals surface area contributed by atoms with Crippen molar-refractivity contribution in [2.45, 2.75) is 4.90 Å². The van der Waals surface area contributed by atoms with Crippen LogP contribution in [0.3, 0.4) is 0 Å². The van der Waals surface area contributed by atoms with Crippen LogP contribution in [-0.2, 0) is 10.1 Å². The summed E-state index contributed by atoms with van der Waals surface area (Å²) in [6, 6.07) is 4.27. The predicted molar refractivity (Wildman–Crippen MR) is 60.2 cm³/mol. The van der Waals surface area contributed by atoms with Crippen molar-refractivity contribution in [2.75, 3.05) is 0 Å². The topological polar surface area (TPSA) is 125 Å². The Bertz CT molecular complexity index is 752. The molecule has 7 nitrogen and oxygen atoms in total. The quantitative estimate of drug-likeness (QED) is 0.691. The van der Waals surface area contributed by atoms with E-state index in [1.165, 1.54) is 0 Å². The molecule has 1 aromatic carbocycles. The normalized spacial score (nSPS) is 11.6. The summed E-state index contributed by atoms with van der Waals surface area (Å²) in [5.41, 5.74) is -0.546. The molecule has 0 saturated heterocycles. The lowest BCUT2D eigenvalue weighted by Gasteiger charge is -2.05. The Balaban J connectivity index is 2.89. The molecule has 18 heavy (non-hydrogen) atoms. The predicted octanol–water partition coefficient (Wildman–Crippen LogP) is 0.885. The number of fused-ring (bicyclic) bond motifs is 1. The third-order valence-corrected chi connectivity index (χ3v) is 3.20. The van der Waals surface area contributed by atoms with Crippen LogP contribution in [0.25, 0.3) is 10.9 Å². The number of hydrogen-bond acceptors (Lipinski definition) is 5. The number of nitrogens with zero attached hydrogens (tertiary/aromatic N) is 1. The summed E-state index contributed by atoms with van der Waals surface area (Å²) < 4.78 is 31.2. The monoisotopic (exact) mass is 269 g/mol. The molecule has 0 amide bonds. The minimum Gasteiger partial charge on any atom is -0.506 e. The van der Waals surface area contributed by atoms with Gasteiger partial charge < -0.3 is 10.2 Å². The van der Waals surface area contributed by atoms with Crippen molar-refractivity contribution in [3.05, 3.63) is 30.0 Å². The summed E-state index contributed by atoms with van der Waals surface area (Å²) in [7, 11) is -4.48. The molecule has 2 aromatic rings. The summed E-state index contributed by atoms with van der Waals surface area (Å²) in [6.07, 6.45) is 0. The maximum atomic E-state index is 11.1. The molecule has 0 unspecified atom stereocenters. The SMILES string of the molecule is O=C(O)c1ccc2c(S(=O)(=O)O)ccc(O)c2n1. The number of aromatic carboxylic acids is 1. The van der Waals surface area contributed by atoms with Gasteiger partial charge in [0, 0.05) is 5.39 Å². The van der Waals surface area contributed by atoms with E-state index in [9.17, 15) is 18.3 Å². The number of pyridine rings is 1. The molecule has 2 rings (SSSR count). The van der Waals surface area contributed by atoms with Crippen LogP contribution < -0.4 is 0 Å². The zero-order valence-electron chi connectivity index (χ0n) is 8.73. The largest absolute Gasteiger partial charge is 0.506 e. The van der Waals surface area contributed by atoms with E-state index in [0.717, 1.165) is 24.3 Å². The molecule has 8 heteroatoms. The third kappa shape index (κ3) is 1.98. The Hall–Kier alpha value is -2.19. The van der Waals surface area contributed by atoms with Gasteiger partial charge in [-0.3, -0.25) is 4.55 Å². The van der Waals surface area contributed by atoms with Gasteiger partial charge in [-0.15, -0.1) is 0 Å². The highest BCUT2D eigenvalue weighted by atomic mass is 32.2. The van der Waals surface area contributed by atoms with Crippen molar-refractivity contribution in [2.24, 2.45) is 0 Å². The molecule has 3 N–H and O–H groups in total. The molecule has 94 valence electrons. The van der Waals surface area contributed by atoms with E-state index in [2.05, 4.69) is 4.98 Å². The highest BCUT2D eigenvalue weighted by Crippen LogP contribution is 2.28. The Labute approximate surface area is 101 Å². The van der Waals surface area contributed by atoms with Crippen molar-refractivity contribution in [1.29, 1.82) is 0 Å². The first-order chi connectivity index (χ1) is 8.30. The lowest BCUT2D eigenvalue weighted by atomic mass is 10.2. The van der Waals surface area contributed by atoms with Crippen LogP contribution in [0.1, 0.15) is 10.5 Å². The molecule has 0 spiro atoms. The second-order valence-electron chi connectivity index (χ2n) is 3.46. The highest BCUT2D eigenvalue weighted by molar-refractivity contribution is 7.86. The van der Waals surface area contributed by atoms with Crippen molar-refractivity contribution in [3.8, 4) is 5.75 Å². The smallest absolute Gasteiger partial charge is 0.354 e. The molecule has 1 aromatic heterocycles. The Morgan fingerprint density at radius 1 is 1.17 bits per heavy atom. The Morgan fingerprint density at radius 2 is 1.83 bits per heavy atom. The van der Waals surface area contributed by atoms with Crippen LogP contribution >= 0.6 is 0 Å². The van der Waals surface area contributed by atoms with Crippen LogP contribution in [-0.4, -0.2) is 34.1 Å². The van der Waals surface area contributed by atoms with Gasteiger partial charge >= 0.3 is 5.97 Å². The van der Waals surface area contributed by atoms with E-state index in [-0.39, 0.29) is 22.3 Å². The van der Waals surface area contributed by atoms with Gasteiger partial charge in [-0.2, -0.15) is 8.42 Å². The van der Waals surface area contributed by atoms with Gasteiger partial charge in [-0.25, -0.2) is 9.78 Å². The number of aromatic nitrogens is 1. The summed E-state index contributed by atoms with van der Waals surface area (Å²) >= 11 is 0. The molecule has 0 aliphatic carbocycles. The van der Waals surface area contributed by atoms with Crippen molar-refractivity contribution in [1.82, 2.24) is 4.98 Å². The molecule has 1 heterocycles. The average Bonchev–Trinajstić information content (AvgIpc) is 2.27. The molecule has 0 atom stereocenters. The Morgan fingerprint density at radius 3 is 2.39 bits per heavy atom. The number of carbonyl (C=O) groups is 1. The number of carboxylic acids is 1. The Kier molecular flexibility index (Phi) is 2.68. The summed E-state index contributed by atoms with van der Waals surface area (Å²) in [5.74, 6) is -1.69. The molecule has 0 saturated carbocycles. The van der Waals surface area contributed by atoms with Crippen molar-refractivity contribution >= 4 is 27.0 Å². The van der Waals surface area contributed by atoms with Gasteiger partial charge in [-0.05, 0) is 24.3 Å². The van der Waals surface area contributed by atoms with Gasteiger partial charge in [0.1, 0.15) is 21.9 Å². The fourth-order valence-electron chi connectivity index (χ4n) is 1.52. The van der Waals surface area contributed by atoms with E-state index in [4.69, 9.17) is 9.66 Å². The summed E-state index contributed by atoms with van der Waals surface area (Å²) in [5, 5.41) is 18.2. The van der Waals surface area contributed by atoms with Gasteiger partial charge in [0.15, 0.2) is 0 Å². The molecular formula is C10H7NO6S. The average molecular weight is 269 g/mol. The highest BCUT2D eigenvalue weighted by Gasteiger charge is 2.18. The number of rotatable bonds is 2. The standard InChI is InChI=1S/C10H7NO6S/c12-7-3-4-8(18(15,16)17)5-1-2-6(10(13)14)11-9(5)7/h1-4,12H,(H,13,14)(H,15,16,17). The second kappa shape index (κ2) is 3.93. The van der Waals surface area contributed by atoms with Gasteiger partial charge in [0.05, 0.1) is 0 Å². The minimum atomic E-state index is -4.48. The molecule has 0 fully saturated rings. The maximum absolute atomic E-state index is 11.1. The number of phenolic OH excluding ortho intramolecular Hbond substituents is 1. The first-order valence-electron chi connectivity index (χ1n) is 4.64. The van der Waals surface area contributed by atoms with Crippen LogP contribution in [0, 0.1) is 0 Å². The van der Waals surface area contributed by atoms with E-state index >= 15 is 0 Å². The second-order valence-corrected chi connectivity index (χ2v) is 4.85. The lowest BCUT2D eigenvalue weighted by molar-refractivity contribution is 0.0691. The van der Waals surface area contributed by atoms with Crippen LogP contribution in [0.4, 0.5) is 0 Å². The molecule has 0 radical (unpaired) electrons. The lowest BCUT2D eigenvalue weighted by Crippen LogP contribution is -2.03. The number of hydrogen-bond donors (Lipinski definition) is 3. The number of carboxylic acid groups (broad SMARTS) is 1. The molecule has 0 bridgehead atoms. The van der Waals surface area contributed by atoms with Gasteiger partial charge in [-0.1, -0.05) is 0 Å². The first-order valence-corrected chi connectivity index (χ1v) is 6.08. The van der Waals surface area contributed by atoms with Crippen molar-refractivity contribution in [3.63, 3.8) is 0 Å². The zero-order chi connectivity index (χ0) is 13.5. The van der Waals surface area contributed by atoms with Crippen LogP contribution in [0.5, 0.6) is 5.75 Å². The van der Waals surface area contributed by atoms with Crippen LogP contribution in [0.2, 0.25) is 0 Å². The molecular weight excluding hydrogens is 262 g/mol. The van der Waals surface area contributed by atoms with E-state index in [0.29, 0.717) is 0 Å². The van der Waals surface area contributed by atoms with E-state index < -0.39 is 21.0 Å². The minimum absolute atomic E-state index is 0.0532. The first kappa shape index (κ1) is 12.3. The molecule has 0 aliphatic heterocycles. The summed E-state index contributed by atoms with van der Waals surface area (Å²) in [4.78, 5) is 13.9. The number of aromatic hydroxyl groups is 1. The van der Waals surface area contributed by atoms with Gasteiger partial charge in [0.25, 0.3) is 10.1 Å². The summed E-state index contributed by atoms with van der Waals surface area (Å²) in [6.45, 7) is 0. The number of benzene rings is 1.